The number of aliphatic hydroxyl groups excluding tert-OH is 1. The number of nitrogens with zero attached hydrogens (tertiary/aromatic N) is 2. The Labute approximate surface area is 131 Å². The molecule has 0 aliphatic rings. The number of rotatable bonds is 4. The van der Waals surface area contributed by atoms with Crippen molar-refractivity contribution >= 4 is 28.3 Å². The van der Waals surface area contributed by atoms with E-state index in [-0.39, 0.29) is 6.54 Å². The zero-order valence-corrected chi connectivity index (χ0v) is 12.2. The standard InChI is InChI=1S/C16H12ClN3O2/c17-11-3-4-13-12(7-11)10(8-18)6-16(20-13)19-9-14(21)15-2-1-5-22-15/h1-7,14,21H,9H2,(H,19,20)/t14-/m0/s1. The van der Waals surface area contributed by atoms with Gasteiger partial charge in [0.15, 0.2) is 0 Å². The lowest BCUT2D eigenvalue weighted by atomic mass is 10.1. The predicted molar refractivity (Wildman–Crippen MR) is 83.6 cm³/mol. The Kier molecular flexibility index (Phi) is 3.96. The first-order valence-corrected chi connectivity index (χ1v) is 7.01. The van der Waals surface area contributed by atoms with Crippen molar-refractivity contribution in [2.45, 2.75) is 6.10 Å². The Bertz CT molecular complexity index is 840. The second-order valence-electron chi connectivity index (χ2n) is 4.74. The third-order valence-electron chi connectivity index (χ3n) is 3.24. The third kappa shape index (κ3) is 2.89. The number of anilines is 1. The van der Waals surface area contributed by atoms with Gasteiger partial charge in [0.2, 0.25) is 0 Å². The molecule has 0 saturated heterocycles. The number of halogens is 1. The molecule has 0 saturated carbocycles. The Hall–Kier alpha value is -2.55. The van der Waals surface area contributed by atoms with Crippen molar-refractivity contribution in [2.24, 2.45) is 0 Å². The van der Waals surface area contributed by atoms with Crippen LogP contribution in [0.4, 0.5) is 5.82 Å². The lowest BCUT2D eigenvalue weighted by Crippen LogP contribution is -2.12. The van der Waals surface area contributed by atoms with Crippen LogP contribution in [0.5, 0.6) is 0 Å². The minimum absolute atomic E-state index is 0.227. The minimum atomic E-state index is -0.789. The largest absolute Gasteiger partial charge is 0.467 e. The van der Waals surface area contributed by atoms with Gasteiger partial charge in [-0.25, -0.2) is 4.98 Å². The lowest BCUT2D eigenvalue weighted by Gasteiger charge is -2.11. The molecule has 6 heteroatoms. The van der Waals surface area contributed by atoms with Crippen molar-refractivity contribution in [3.63, 3.8) is 0 Å². The second kappa shape index (κ2) is 6.06. The first-order valence-electron chi connectivity index (χ1n) is 6.63. The highest BCUT2D eigenvalue weighted by atomic mass is 35.5. The molecule has 22 heavy (non-hydrogen) atoms. The van der Waals surface area contributed by atoms with E-state index < -0.39 is 6.10 Å². The topological polar surface area (TPSA) is 82.1 Å². The number of aromatic nitrogens is 1. The molecule has 2 N–H and O–H groups in total. The van der Waals surface area contributed by atoms with Crippen LogP contribution in [-0.4, -0.2) is 16.6 Å². The molecule has 1 aromatic carbocycles. The zero-order chi connectivity index (χ0) is 15.5. The number of fused-ring (bicyclic) bond motifs is 1. The molecule has 0 spiro atoms. The van der Waals surface area contributed by atoms with Gasteiger partial charge >= 0.3 is 0 Å². The summed E-state index contributed by atoms with van der Waals surface area (Å²) in [6.07, 6.45) is 0.716. The maximum absolute atomic E-state index is 9.98. The number of aliphatic hydroxyl groups is 1. The van der Waals surface area contributed by atoms with Crippen LogP contribution in [-0.2, 0) is 0 Å². The van der Waals surface area contributed by atoms with Gasteiger partial charge in [-0.05, 0) is 36.4 Å². The molecule has 2 aromatic heterocycles. The molecule has 3 rings (SSSR count). The fraction of sp³-hybridized carbons (Fsp3) is 0.125. The van der Waals surface area contributed by atoms with Crippen molar-refractivity contribution in [1.82, 2.24) is 4.98 Å². The Balaban J connectivity index is 1.85. The maximum atomic E-state index is 9.98. The van der Waals surface area contributed by atoms with E-state index in [1.54, 1.807) is 36.4 Å². The summed E-state index contributed by atoms with van der Waals surface area (Å²) in [5.74, 6) is 0.984. The van der Waals surface area contributed by atoms with E-state index in [4.69, 9.17) is 16.0 Å². The SMILES string of the molecule is N#Cc1cc(NC[C@H](O)c2ccco2)nc2ccc(Cl)cc12. The van der Waals surface area contributed by atoms with Crippen LogP contribution in [0.3, 0.4) is 0 Å². The molecule has 110 valence electrons. The van der Waals surface area contributed by atoms with E-state index in [1.807, 2.05) is 0 Å². The van der Waals surface area contributed by atoms with E-state index in [9.17, 15) is 10.4 Å². The fourth-order valence-corrected chi connectivity index (χ4v) is 2.34. The lowest BCUT2D eigenvalue weighted by molar-refractivity contribution is 0.162. The summed E-state index contributed by atoms with van der Waals surface area (Å²) >= 11 is 5.95. The van der Waals surface area contributed by atoms with Gasteiger partial charge in [-0.2, -0.15) is 5.26 Å². The number of furan rings is 1. The number of hydrogen-bond donors (Lipinski definition) is 2. The average Bonchev–Trinajstić information content (AvgIpc) is 3.06. The summed E-state index contributed by atoms with van der Waals surface area (Å²) in [6, 6.07) is 12.4. The number of pyridine rings is 1. The molecule has 0 fully saturated rings. The van der Waals surface area contributed by atoms with Gasteiger partial charge in [-0.3, -0.25) is 0 Å². The molecule has 0 bridgehead atoms. The predicted octanol–water partition coefficient (Wildman–Crippen LogP) is 3.50. The number of benzene rings is 1. The molecule has 0 unspecified atom stereocenters. The monoisotopic (exact) mass is 313 g/mol. The Morgan fingerprint density at radius 1 is 1.36 bits per heavy atom. The van der Waals surface area contributed by atoms with Gasteiger partial charge in [-0.15, -0.1) is 0 Å². The van der Waals surface area contributed by atoms with Crippen molar-refractivity contribution < 1.29 is 9.52 Å². The summed E-state index contributed by atoms with van der Waals surface area (Å²) in [6.45, 7) is 0.227. The summed E-state index contributed by atoms with van der Waals surface area (Å²) in [5, 5.41) is 23.5. The summed E-state index contributed by atoms with van der Waals surface area (Å²) in [7, 11) is 0. The summed E-state index contributed by atoms with van der Waals surface area (Å²) in [4.78, 5) is 4.42. The summed E-state index contributed by atoms with van der Waals surface area (Å²) in [5.41, 5.74) is 1.14. The van der Waals surface area contributed by atoms with Gasteiger partial charge in [0.05, 0.1) is 23.4 Å². The van der Waals surface area contributed by atoms with E-state index in [0.29, 0.717) is 33.1 Å². The van der Waals surface area contributed by atoms with Crippen LogP contribution in [0.1, 0.15) is 17.4 Å². The first kappa shape index (κ1) is 14.4. The number of nitriles is 1. The molecule has 1 atom stereocenters. The molecule has 0 aliphatic carbocycles. The smallest absolute Gasteiger partial charge is 0.134 e. The minimum Gasteiger partial charge on any atom is -0.467 e. The van der Waals surface area contributed by atoms with Crippen LogP contribution >= 0.6 is 11.6 Å². The highest BCUT2D eigenvalue weighted by molar-refractivity contribution is 6.31. The summed E-state index contributed by atoms with van der Waals surface area (Å²) < 4.78 is 5.13. The van der Waals surface area contributed by atoms with Gasteiger partial charge in [0.25, 0.3) is 0 Å². The molecule has 0 radical (unpaired) electrons. The number of nitrogens with one attached hydrogen (secondary N) is 1. The van der Waals surface area contributed by atoms with E-state index in [1.165, 1.54) is 6.26 Å². The van der Waals surface area contributed by atoms with Crippen LogP contribution in [0, 0.1) is 11.3 Å². The molecular formula is C16H12ClN3O2. The molecule has 2 heterocycles. The fourth-order valence-electron chi connectivity index (χ4n) is 2.16. The maximum Gasteiger partial charge on any atom is 0.134 e. The van der Waals surface area contributed by atoms with Gasteiger partial charge in [0.1, 0.15) is 17.7 Å². The van der Waals surface area contributed by atoms with Crippen molar-refractivity contribution in [3.8, 4) is 6.07 Å². The number of hydrogen-bond acceptors (Lipinski definition) is 5. The van der Waals surface area contributed by atoms with Crippen LogP contribution in [0.25, 0.3) is 10.9 Å². The Morgan fingerprint density at radius 2 is 2.23 bits per heavy atom. The Morgan fingerprint density at radius 3 is 2.95 bits per heavy atom. The highest BCUT2D eigenvalue weighted by Gasteiger charge is 2.11. The highest BCUT2D eigenvalue weighted by Crippen LogP contribution is 2.24. The zero-order valence-electron chi connectivity index (χ0n) is 11.5. The molecule has 5 nitrogen and oxygen atoms in total. The van der Waals surface area contributed by atoms with E-state index >= 15 is 0 Å². The van der Waals surface area contributed by atoms with Gasteiger partial charge in [0, 0.05) is 17.0 Å². The van der Waals surface area contributed by atoms with E-state index in [2.05, 4.69) is 16.4 Å². The van der Waals surface area contributed by atoms with Crippen LogP contribution < -0.4 is 5.32 Å². The average molecular weight is 314 g/mol. The van der Waals surface area contributed by atoms with E-state index in [0.717, 1.165) is 0 Å². The first-order chi connectivity index (χ1) is 10.7. The molecular weight excluding hydrogens is 302 g/mol. The third-order valence-corrected chi connectivity index (χ3v) is 3.47. The van der Waals surface area contributed by atoms with Gasteiger partial charge in [-0.1, -0.05) is 11.6 Å². The molecule has 3 aromatic rings. The second-order valence-corrected chi connectivity index (χ2v) is 5.18. The van der Waals surface area contributed by atoms with Crippen LogP contribution in [0.2, 0.25) is 5.02 Å². The van der Waals surface area contributed by atoms with Crippen molar-refractivity contribution in [3.05, 3.63) is 59.0 Å². The van der Waals surface area contributed by atoms with Crippen LogP contribution in [0.15, 0.2) is 47.1 Å². The molecule has 0 aliphatic heterocycles. The van der Waals surface area contributed by atoms with Gasteiger partial charge < -0.3 is 14.8 Å². The quantitative estimate of drug-likeness (QED) is 0.770. The van der Waals surface area contributed by atoms with Crippen molar-refractivity contribution in [1.29, 1.82) is 5.26 Å². The van der Waals surface area contributed by atoms with Crippen molar-refractivity contribution in [2.75, 3.05) is 11.9 Å². The molecule has 0 amide bonds. The normalized spacial score (nSPS) is 12.0.